The number of likely N-dealkylation sites (N-methyl/N-ethyl adjacent to an activating group) is 1. The second-order valence-corrected chi connectivity index (χ2v) is 9.67. The highest BCUT2D eigenvalue weighted by Crippen LogP contribution is 2.34. The first-order chi connectivity index (χ1) is 13.2. The van der Waals surface area contributed by atoms with E-state index in [-0.39, 0.29) is 11.4 Å². The Labute approximate surface area is 181 Å². The number of nitrogens with zero attached hydrogens (tertiary/aromatic N) is 2. The molecule has 0 spiro atoms. The van der Waals surface area contributed by atoms with Gasteiger partial charge in [0.05, 0.1) is 16.4 Å². The summed E-state index contributed by atoms with van der Waals surface area (Å²) in [5.74, 6) is -2.31. The molecule has 1 heterocycles. The zero-order valence-corrected chi connectivity index (χ0v) is 18.6. The number of hydrogen-bond donors (Lipinski definition) is 2. The van der Waals surface area contributed by atoms with Crippen LogP contribution < -0.4 is 10.0 Å². The first-order valence-electron chi connectivity index (χ1n) is 8.34. The molecule has 152 valence electrons. The molecule has 0 atom stereocenters. The molecular weight excluding hydrogens is 525 g/mol. The Kier molecular flexibility index (Phi) is 6.65. The van der Waals surface area contributed by atoms with E-state index >= 15 is 0 Å². The lowest BCUT2D eigenvalue weighted by Gasteiger charge is -2.31. The number of nitrogens with one attached hydrogen (secondary N) is 2. The molecule has 0 radical (unpaired) electrons. The number of anilines is 3. The molecule has 0 aliphatic carbocycles. The summed E-state index contributed by atoms with van der Waals surface area (Å²) in [5.41, 5.74) is -0.111. The fourth-order valence-corrected chi connectivity index (χ4v) is 4.84. The molecule has 2 aromatic carbocycles. The highest BCUT2D eigenvalue weighted by molar-refractivity contribution is 14.1. The Morgan fingerprint density at radius 2 is 1.71 bits per heavy atom. The Balaban J connectivity index is 1.92. The Bertz CT molecular complexity index is 985. The maximum absolute atomic E-state index is 14.5. The van der Waals surface area contributed by atoms with Crippen LogP contribution >= 0.6 is 34.2 Å². The van der Waals surface area contributed by atoms with Crippen LogP contribution in [0.25, 0.3) is 0 Å². The minimum atomic E-state index is -3.93. The van der Waals surface area contributed by atoms with E-state index in [1.165, 1.54) is 10.4 Å². The van der Waals surface area contributed by atoms with Gasteiger partial charge in [0.25, 0.3) is 0 Å². The maximum atomic E-state index is 14.5. The lowest BCUT2D eigenvalue weighted by Crippen LogP contribution is -2.48. The van der Waals surface area contributed by atoms with Gasteiger partial charge in [-0.1, -0.05) is 11.6 Å². The van der Waals surface area contributed by atoms with Gasteiger partial charge in [0.1, 0.15) is 5.69 Å². The fourth-order valence-electron chi connectivity index (χ4n) is 2.72. The van der Waals surface area contributed by atoms with Crippen LogP contribution in [0.1, 0.15) is 0 Å². The summed E-state index contributed by atoms with van der Waals surface area (Å²) in [6, 6.07) is 7.04. The summed E-state index contributed by atoms with van der Waals surface area (Å²) in [6.07, 6.45) is 0. The van der Waals surface area contributed by atoms with Crippen LogP contribution in [0.2, 0.25) is 5.02 Å². The van der Waals surface area contributed by atoms with Gasteiger partial charge in [-0.05, 0) is 60.0 Å². The molecule has 1 aliphatic heterocycles. The van der Waals surface area contributed by atoms with Crippen LogP contribution in [0, 0.1) is 15.2 Å². The van der Waals surface area contributed by atoms with Crippen molar-refractivity contribution in [1.29, 1.82) is 0 Å². The minimum Gasteiger partial charge on any atom is -0.350 e. The van der Waals surface area contributed by atoms with Crippen LogP contribution in [-0.2, 0) is 10.2 Å². The summed E-state index contributed by atoms with van der Waals surface area (Å²) in [6.45, 7) is 1.78. The summed E-state index contributed by atoms with van der Waals surface area (Å²) in [4.78, 5) is 2.01. The first kappa shape index (κ1) is 21.5. The van der Waals surface area contributed by atoms with Gasteiger partial charge >= 0.3 is 10.2 Å². The van der Waals surface area contributed by atoms with Crippen LogP contribution in [0.4, 0.5) is 25.8 Å². The molecule has 1 fully saturated rings. The molecule has 6 nitrogen and oxygen atoms in total. The van der Waals surface area contributed by atoms with Gasteiger partial charge in [-0.15, -0.1) is 0 Å². The summed E-state index contributed by atoms with van der Waals surface area (Å²) < 4.78 is 58.2. The lowest BCUT2D eigenvalue weighted by molar-refractivity contribution is 0.223. The average Bonchev–Trinajstić information content (AvgIpc) is 2.63. The van der Waals surface area contributed by atoms with Gasteiger partial charge < -0.3 is 10.2 Å². The Hall–Kier alpha value is -1.21. The lowest BCUT2D eigenvalue weighted by atomic mass is 10.2. The third-order valence-electron chi connectivity index (χ3n) is 4.33. The Morgan fingerprint density at radius 1 is 1.07 bits per heavy atom. The van der Waals surface area contributed by atoms with Crippen LogP contribution in [-0.4, -0.2) is 50.8 Å². The van der Waals surface area contributed by atoms with E-state index in [9.17, 15) is 17.2 Å². The van der Waals surface area contributed by atoms with E-state index in [4.69, 9.17) is 11.6 Å². The average molecular weight is 543 g/mol. The SMILES string of the molecule is CN1CCN(S(=O)(=O)Nc2ccc(F)c(F)c2Nc2ccc(I)cc2Cl)CC1. The van der Waals surface area contributed by atoms with Gasteiger partial charge in [0.15, 0.2) is 11.6 Å². The van der Waals surface area contributed by atoms with Gasteiger partial charge in [0, 0.05) is 29.7 Å². The largest absolute Gasteiger partial charge is 0.350 e. The van der Waals surface area contributed by atoms with Crippen molar-refractivity contribution in [3.8, 4) is 0 Å². The Morgan fingerprint density at radius 3 is 2.36 bits per heavy atom. The number of hydrogen-bond acceptors (Lipinski definition) is 4. The second kappa shape index (κ2) is 8.66. The van der Waals surface area contributed by atoms with Crippen molar-refractivity contribution in [3.63, 3.8) is 0 Å². The zero-order valence-electron chi connectivity index (χ0n) is 14.8. The highest BCUT2D eigenvalue weighted by Gasteiger charge is 2.27. The smallest absolute Gasteiger partial charge is 0.301 e. The quantitative estimate of drug-likeness (QED) is 0.563. The minimum absolute atomic E-state index is 0.104. The van der Waals surface area contributed by atoms with Crippen molar-refractivity contribution in [2.45, 2.75) is 0 Å². The summed E-state index contributed by atoms with van der Waals surface area (Å²) in [5, 5.41) is 3.00. The molecule has 28 heavy (non-hydrogen) atoms. The molecule has 2 N–H and O–H groups in total. The molecule has 1 aliphatic rings. The van der Waals surface area contributed by atoms with E-state index in [2.05, 4.69) is 32.6 Å². The van der Waals surface area contributed by atoms with Crippen LogP contribution in [0.3, 0.4) is 0 Å². The third kappa shape index (κ3) is 4.85. The van der Waals surface area contributed by atoms with Crippen molar-refractivity contribution >= 4 is 61.5 Å². The highest BCUT2D eigenvalue weighted by atomic mass is 127. The van der Waals surface area contributed by atoms with Crippen molar-refractivity contribution in [1.82, 2.24) is 9.21 Å². The number of piperazine rings is 1. The van der Waals surface area contributed by atoms with Gasteiger partial charge in [0.2, 0.25) is 0 Å². The van der Waals surface area contributed by atoms with Gasteiger partial charge in [-0.25, -0.2) is 8.78 Å². The molecule has 0 aromatic heterocycles. The number of rotatable bonds is 5. The summed E-state index contributed by atoms with van der Waals surface area (Å²) in [7, 11) is -2.03. The molecular formula is C17H18ClF2IN4O2S. The normalized spacial score (nSPS) is 16.2. The predicted molar refractivity (Wildman–Crippen MR) is 115 cm³/mol. The molecule has 0 saturated carbocycles. The van der Waals surface area contributed by atoms with Crippen molar-refractivity contribution in [2.24, 2.45) is 0 Å². The van der Waals surface area contributed by atoms with E-state index in [1.54, 1.807) is 18.2 Å². The molecule has 0 bridgehead atoms. The zero-order chi connectivity index (χ0) is 20.5. The van der Waals surface area contributed by atoms with Crippen molar-refractivity contribution < 1.29 is 17.2 Å². The van der Waals surface area contributed by atoms with E-state index < -0.39 is 21.8 Å². The van der Waals surface area contributed by atoms with E-state index in [0.717, 1.165) is 9.64 Å². The molecule has 0 unspecified atom stereocenters. The molecule has 2 aromatic rings. The number of benzene rings is 2. The van der Waals surface area contributed by atoms with Gasteiger partial charge in [-0.3, -0.25) is 4.72 Å². The standard InChI is InChI=1S/C17H18ClF2IN4O2S/c1-24-6-8-25(9-7-24)28(26,27)23-15-5-3-13(19)16(20)17(15)22-14-4-2-11(21)10-12(14)18/h2-5,10,22-23H,6-9H2,1H3. The van der Waals surface area contributed by atoms with Crippen molar-refractivity contribution in [2.75, 3.05) is 43.3 Å². The molecule has 1 saturated heterocycles. The predicted octanol–water partition coefficient (Wildman–Crippen LogP) is 3.87. The second-order valence-electron chi connectivity index (χ2n) is 6.34. The van der Waals surface area contributed by atoms with E-state index in [1.807, 2.05) is 11.9 Å². The fraction of sp³-hybridized carbons (Fsp3) is 0.294. The van der Waals surface area contributed by atoms with E-state index in [0.29, 0.717) is 36.9 Å². The monoisotopic (exact) mass is 542 g/mol. The number of halogens is 4. The molecule has 0 amide bonds. The van der Waals surface area contributed by atoms with Crippen molar-refractivity contribution in [3.05, 3.63) is 50.6 Å². The topological polar surface area (TPSA) is 64.7 Å². The first-order valence-corrected chi connectivity index (χ1v) is 11.2. The summed E-state index contributed by atoms with van der Waals surface area (Å²) >= 11 is 8.23. The molecule has 3 rings (SSSR count). The molecule has 11 heteroatoms. The third-order valence-corrected chi connectivity index (χ3v) is 6.83. The van der Waals surface area contributed by atoms with Crippen LogP contribution in [0.5, 0.6) is 0 Å². The maximum Gasteiger partial charge on any atom is 0.301 e. The van der Waals surface area contributed by atoms with Crippen LogP contribution in [0.15, 0.2) is 30.3 Å². The van der Waals surface area contributed by atoms with Gasteiger partial charge in [-0.2, -0.15) is 12.7 Å².